The number of hydrogen-bond donors (Lipinski definition) is 1. The molecular weight excluding hydrogens is 330 g/mol. The van der Waals surface area contributed by atoms with Gasteiger partial charge in [0.15, 0.2) is 5.78 Å². The van der Waals surface area contributed by atoms with E-state index in [1.54, 1.807) is 6.08 Å². The zero-order valence-corrected chi connectivity index (χ0v) is 15.2. The maximum Gasteiger partial charge on any atom is 0.158 e. The molecule has 1 aliphatic carbocycles. The van der Waals surface area contributed by atoms with E-state index in [1.807, 2.05) is 30.3 Å². The second kappa shape index (κ2) is 8.05. The minimum atomic E-state index is 0.0287. The smallest absolute Gasteiger partial charge is 0.158 e. The molecule has 4 rings (SSSR count). The third kappa shape index (κ3) is 4.17. The lowest BCUT2D eigenvalue weighted by molar-refractivity contribution is -0.115. The summed E-state index contributed by atoms with van der Waals surface area (Å²) in [5.74, 6) is 0.427. The molecule has 2 heteroatoms. The number of carbonyl (C=O) groups excluding carboxylic acids is 1. The van der Waals surface area contributed by atoms with Crippen molar-refractivity contribution >= 4 is 5.78 Å². The number of rotatable bonds is 5. The molecule has 1 unspecified atom stereocenters. The Balaban J connectivity index is 1.62. The van der Waals surface area contributed by atoms with Crippen LogP contribution in [0, 0.1) is 0 Å². The Labute approximate surface area is 160 Å². The van der Waals surface area contributed by atoms with E-state index in [2.05, 4.69) is 66.0 Å². The molecule has 0 aliphatic heterocycles. The molecule has 1 atom stereocenters. The van der Waals surface area contributed by atoms with Crippen LogP contribution in [0.5, 0.6) is 0 Å². The summed E-state index contributed by atoms with van der Waals surface area (Å²) in [6, 6.07) is 31.2. The van der Waals surface area contributed by atoms with Gasteiger partial charge >= 0.3 is 0 Å². The summed E-state index contributed by atoms with van der Waals surface area (Å²) in [6.45, 7) is 0. The Morgan fingerprint density at radius 3 is 1.78 bits per heavy atom. The highest BCUT2D eigenvalue weighted by molar-refractivity contribution is 5.92. The van der Waals surface area contributed by atoms with Crippen LogP contribution < -0.4 is 5.32 Å². The zero-order chi connectivity index (χ0) is 18.5. The molecule has 27 heavy (non-hydrogen) atoms. The van der Waals surface area contributed by atoms with Gasteiger partial charge in [0.2, 0.25) is 0 Å². The fourth-order valence-corrected chi connectivity index (χ4v) is 3.79. The van der Waals surface area contributed by atoms with E-state index < -0.39 is 0 Å². The fraction of sp³-hybridized carbons (Fsp3) is 0.160. The highest BCUT2D eigenvalue weighted by atomic mass is 16.1. The molecule has 0 saturated carbocycles. The van der Waals surface area contributed by atoms with Crippen molar-refractivity contribution in [1.29, 1.82) is 0 Å². The largest absolute Gasteiger partial charge is 0.377 e. The number of benzene rings is 3. The van der Waals surface area contributed by atoms with Gasteiger partial charge in [-0.25, -0.2) is 0 Å². The van der Waals surface area contributed by atoms with E-state index in [-0.39, 0.29) is 17.7 Å². The van der Waals surface area contributed by atoms with Gasteiger partial charge in [-0.15, -0.1) is 0 Å². The molecular formula is C25H23NO. The molecule has 0 spiro atoms. The van der Waals surface area contributed by atoms with Gasteiger partial charge < -0.3 is 5.32 Å². The number of hydrogen-bond acceptors (Lipinski definition) is 2. The molecule has 0 aromatic heterocycles. The molecule has 0 radical (unpaired) electrons. The number of ketones is 1. The number of nitrogens with one attached hydrogen (secondary N) is 1. The normalized spacial score (nSPS) is 16.9. The Bertz CT molecular complexity index is 877. The van der Waals surface area contributed by atoms with Crippen molar-refractivity contribution < 1.29 is 4.79 Å². The van der Waals surface area contributed by atoms with Crippen LogP contribution in [0.15, 0.2) is 103 Å². The maximum absolute atomic E-state index is 12.4. The molecule has 2 nitrogen and oxygen atoms in total. The lowest BCUT2D eigenvalue weighted by atomic mass is 9.85. The van der Waals surface area contributed by atoms with Crippen LogP contribution in [0.4, 0.5) is 0 Å². The first kappa shape index (κ1) is 17.3. The predicted molar refractivity (Wildman–Crippen MR) is 109 cm³/mol. The van der Waals surface area contributed by atoms with Gasteiger partial charge in [-0.2, -0.15) is 0 Å². The van der Waals surface area contributed by atoms with Crippen molar-refractivity contribution in [3.05, 3.63) is 119 Å². The highest BCUT2D eigenvalue weighted by Gasteiger charge is 2.24. The Kier molecular flexibility index (Phi) is 5.15. The summed E-state index contributed by atoms with van der Waals surface area (Å²) < 4.78 is 0. The van der Waals surface area contributed by atoms with Crippen LogP contribution in [-0.2, 0) is 4.79 Å². The van der Waals surface area contributed by atoms with E-state index in [0.29, 0.717) is 6.42 Å². The van der Waals surface area contributed by atoms with Gasteiger partial charge in [-0.05, 0) is 29.0 Å². The molecule has 3 aromatic carbocycles. The van der Waals surface area contributed by atoms with Gasteiger partial charge in [0.25, 0.3) is 0 Å². The van der Waals surface area contributed by atoms with Gasteiger partial charge in [0, 0.05) is 18.2 Å². The van der Waals surface area contributed by atoms with Crippen molar-refractivity contribution in [2.24, 2.45) is 0 Å². The molecule has 0 saturated heterocycles. The van der Waals surface area contributed by atoms with E-state index in [0.717, 1.165) is 12.1 Å². The third-order valence-electron chi connectivity index (χ3n) is 5.12. The Morgan fingerprint density at radius 2 is 1.22 bits per heavy atom. The number of carbonyl (C=O) groups is 1. The second-order valence-electron chi connectivity index (χ2n) is 7.05. The molecule has 1 N–H and O–H groups in total. The summed E-state index contributed by atoms with van der Waals surface area (Å²) in [5, 5.41) is 3.66. The summed E-state index contributed by atoms with van der Waals surface area (Å²) in [4.78, 5) is 12.4. The van der Waals surface area contributed by atoms with Gasteiger partial charge in [0.1, 0.15) is 0 Å². The number of allylic oxidation sites excluding steroid dienone is 2. The minimum absolute atomic E-state index is 0.0287. The van der Waals surface area contributed by atoms with Gasteiger partial charge in [0.05, 0.1) is 6.04 Å². The molecule has 1 aliphatic rings. The molecule has 0 amide bonds. The minimum Gasteiger partial charge on any atom is -0.377 e. The highest BCUT2D eigenvalue weighted by Crippen LogP contribution is 2.32. The Hall–Kier alpha value is -3.13. The van der Waals surface area contributed by atoms with Crippen molar-refractivity contribution in [3.8, 4) is 0 Å². The summed E-state index contributed by atoms with van der Waals surface area (Å²) in [6.07, 6.45) is 3.22. The van der Waals surface area contributed by atoms with E-state index >= 15 is 0 Å². The topological polar surface area (TPSA) is 29.1 Å². The summed E-state index contributed by atoms with van der Waals surface area (Å²) in [5.41, 5.74) is 4.63. The standard InChI is InChI=1S/C25H23NO/c27-24-17-22(19-10-4-1-5-11-19)16-23(18-24)26-25(20-12-6-2-7-13-20)21-14-8-3-9-15-21/h1-15,18,22,25-26H,16-17H2. The molecule has 0 fully saturated rings. The van der Waals surface area contributed by atoms with Crippen LogP contribution >= 0.6 is 0 Å². The van der Waals surface area contributed by atoms with Crippen LogP contribution in [-0.4, -0.2) is 5.78 Å². The molecule has 0 heterocycles. The fourth-order valence-electron chi connectivity index (χ4n) is 3.79. The van der Waals surface area contributed by atoms with Crippen LogP contribution in [0.25, 0.3) is 0 Å². The maximum atomic E-state index is 12.4. The van der Waals surface area contributed by atoms with Gasteiger partial charge in [-0.3, -0.25) is 4.79 Å². The average Bonchev–Trinajstić information content (AvgIpc) is 2.73. The monoisotopic (exact) mass is 353 g/mol. The van der Waals surface area contributed by atoms with Crippen molar-refractivity contribution in [3.63, 3.8) is 0 Å². The lowest BCUT2D eigenvalue weighted by Crippen LogP contribution is -2.26. The van der Waals surface area contributed by atoms with E-state index in [9.17, 15) is 4.79 Å². The quantitative estimate of drug-likeness (QED) is 0.666. The van der Waals surface area contributed by atoms with Crippen LogP contribution in [0.2, 0.25) is 0 Å². The van der Waals surface area contributed by atoms with Crippen molar-refractivity contribution in [2.75, 3.05) is 0 Å². The summed E-state index contributed by atoms with van der Waals surface area (Å²) >= 11 is 0. The zero-order valence-electron chi connectivity index (χ0n) is 15.2. The average molecular weight is 353 g/mol. The molecule has 0 bridgehead atoms. The Morgan fingerprint density at radius 1 is 0.704 bits per heavy atom. The van der Waals surface area contributed by atoms with E-state index in [4.69, 9.17) is 0 Å². The van der Waals surface area contributed by atoms with Crippen molar-refractivity contribution in [2.45, 2.75) is 24.8 Å². The summed E-state index contributed by atoms with van der Waals surface area (Å²) in [7, 11) is 0. The van der Waals surface area contributed by atoms with E-state index in [1.165, 1.54) is 16.7 Å². The van der Waals surface area contributed by atoms with Crippen LogP contribution in [0.3, 0.4) is 0 Å². The van der Waals surface area contributed by atoms with Crippen LogP contribution in [0.1, 0.15) is 41.5 Å². The first-order chi connectivity index (χ1) is 13.3. The molecule has 134 valence electrons. The SMILES string of the molecule is O=C1C=C(NC(c2ccccc2)c2ccccc2)CC(c2ccccc2)C1. The van der Waals surface area contributed by atoms with Crippen molar-refractivity contribution in [1.82, 2.24) is 5.32 Å². The van der Waals surface area contributed by atoms with Gasteiger partial charge in [-0.1, -0.05) is 91.0 Å². The lowest BCUT2D eigenvalue weighted by Gasteiger charge is -2.28. The first-order valence-electron chi connectivity index (χ1n) is 9.44. The molecule has 3 aromatic rings. The predicted octanol–water partition coefficient (Wildman–Crippen LogP) is 5.40. The third-order valence-corrected chi connectivity index (χ3v) is 5.12. The first-order valence-corrected chi connectivity index (χ1v) is 9.44. The second-order valence-corrected chi connectivity index (χ2v) is 7.05.